The van der Waals surface area contributed by atoms with Crippen LogP contribution in [0.1, 0.15) is 0 Å². The third kappa shape index (κ3) is 9.32. The average Bonchev–Trinajstić information content (AvgIpc) is 1.16. The molecule has 0 fully saturated rings. The summed E-state index contributed by atoms with van der Waals surface area (Å²) in [5, 5.41) is 15.0. The molecule has 2 nitrogen and oxygen atoms in total. The van der Waals surface area contributed by atoms with Crippen LogP contribution in [-0.2, 0) is 0 Å². The van der Waals surface area contributed by atoms with E-state index < -0.39 is 0 Å². The van der Waals surface area contributed by atoms with Gasteiger partial charge < -0.3 is 0 Å². The van der Waals surface area contributed by atoms with Gasteiger partial charge in [0.1, 0.15) is 0 Å². The largest absolute Gasteiger partial charge is 0.256 e. The van der Waals surface area contributed by atoms with Crippen LogP contribution in [0.4, 0.5) is 0 Å². The second-order valence-electron chi connectivity index (χ2n) is 23.0. The van der Waals surface area contributed by atoms with Crippen LogP contribution in [0, 0.1) is 0 Å². The molecule has 0 aliphatic heterocycles. The summed E-state index contributed by atoms with van der Waals surface area (Å²) in [4.78, 5) is 10.3. The van der Waals surface area contributed by atoms with Gasteiger partial charge in [-0.3, -0.25) is 9.97 Å². The van der Waals surface area contributed by atoms with Crippen LogP contribution in [0.25, 0.3) is 173 Å². The van der Waals surface area contributed by atoms with Crippen LogP contribution in [0.15, 0.2) is 328 Å². The third-order valence-electron chi connectivity index (χ3n) is 17.9. The number of benzene rings is 14. The van der Waals surface area contributed by atoms with Crippen molar-refractivity contribution in [2.24, 2.45) is 0 Å². The quantitative estimate of drug-likeness (QED) is 0.142. The molecule has 18 aromatic rings. The number of fused-ring (bicyclic) bond motifs is 10. The van der Waals surface area contributed by atoms with Crippen molar-refractivity contribution in [2.45, 2.75) is 0 Å². The van der Waals surface area contributed by atoms with Crippen molar-refractivity contribution in [1.29, 1.82) is 0 Å². The van der Waals surface area contributed by atoms with Crippen LogP contribution in [0.3, 0.4) is 0 Å². The monoisotopic (exact) mass is 1180 g/mol. The van der Waals surface area contributed by atoms with Gasteiger partial charge in [-0.1, -0.05) is 273 Å². The van der Waals surface area contributed by atoms with E-state index in [1.807, 2.05) is 28.9 Å². The minimum Gasteiger partial charge on any atom is -0.256 e. The summed E-state index contributed by atoms with van der Waals surface area (Å²) in [5.74, 6) is 0. The molecule has 0 aliphatic carbocycles. The van der Waals surface area contributed by atoms with E-state index in [1.54, 1.807) is 0 Å². The summed E-state index contributed by atoms with van der Waals surface area (Å²) in [6, 6.07) is 114. The van der Waals surface area contributed by atoms with Crippen LogP contribution >= 0.6 is 22.7 Å². The predicted molar refractivity (Wildman–Crippen MR) is 388 cm³/mol. The molecule has 0 unspecified atom stereocenters. The topological polar surface area (TPSA) is 25.8 Å². The second-order valence-corrected chi connectivity index (χ2v) is 25.2. The van der Waals surface area contributed by atoms with Crippen molar-refractivity contribution in [3.8, 4) is 89.3 Å². The molecule has 0 saturated heterocycles. The van der Waals surface area contributed by atoms with Gasteiger partial charge in [0.15, 0.2) is 0 Å². The highest BCUT2D eigenvalue weighted by Gasteiger charge is 2.21. The molecule has 0 N–H and O–H groups in total. The Bertz CT molecular complexity index is 5610. The molecule has 90 heavy (non-hydrogen) atoms. The van der Waals surface area contributed by atoms with Gasteiger partial charge in [-0.05, 0) is 141 Å². The smallest absolute Gasteiger partial charge is 0.0714 e. The highest BCUT2D eigenvalue weighted by atomic mass is 32.1. The first kappa shape index (κ1) is 53.1. The van der Waals surface area contributed by atoms with Gasteiger partial charge in [0.05, 0.1) is 11.4 Å². The van der Waals surface area contributed by atoms with E-state index in [-0.39, 0.29) is 0 Å². The van der Waals surface area contributed by atoms with Crippen molar-refractivity contribution < 1.29 is 0 Å². The maximum Gasteiger partial charge on any atom is 0.0714 e. The Morgan fingerprint density at radius 1 is 0.189 bits per heavy atom. The van der Waals surface area contributed by atoms with Crippen molar-refractivity contribution >= 4 is 106 Å². The van der Waals surface area contributed by atoms with Crippen LogP contribution in [0.2, 0.25) is 0 Å². The van der Waals surface area contributed by atoms with Gasteiger partial charge >= 0.3 is 0 Å². The lowest BCUT2D eigenvalue weighted by atomic mass is 9.86. The highest BCUT2D eigenvalue weighted by molar-refractivity contribution is 7.26. The Labute approximate surface area is 529 Å². The minimum absolute atomic E-state index is 0.985. The normalized spacial score (nSPS) is 11.6. The van der Waals surface area contributed by atoms with E-state index in [4.69, 9.17) is 9.97 Å². The molecule has 0 amide bonds. The Morgan fingerprint density at radius 3 is 0.989 bits per heavy atom. The number of rotatable bonds is 8. The van der Waals surface area contributed by atoms with E-state index in [9.17, 15) is 0 Å². The zero-order valence-corrected chi connectivity index (χ0v) is 50.5. The number of hydrogen-bond acceptors (Lipinski definition) is 4. The maximum atomic E-state index is 5.15. The van der Waals surface area contributed by atoms with Crippen molar-refractivity contribution in [1.82, 2.24) is 9.97 Å². The SMILES string of the molecule is c1ccc(-c2ccc(-c3c4ccccc4c(-c4ccc(-c5ccc6sc7ccccc7c6c5)cn4)c4ccccc34)cc2)cc1.c1ccc(-c2ccc(-c3c4ccccc4c(-c4ccc(-c5cccc6sc7ccccc7c56)cn4)c4ccccc34)cc2)cc1. The molecule has 0 aliphatic rings. The molecule has 0 bridgehead atoms. The summed E-state index contributed by atoms with van der Waals surface area (Å²) in [7, 11) is 0. The number of nitrogens with zero attached hydrogens (tertiary/aromatic N) is 2. The lowest BCUT2D eigenvalue weighted by Gasteiger charge is -2.17. The molecular formula is C86H54N2S2. The first-order chi connectivity index (χ1) is 44.6. The van der Waals surface area contributed by atoms with E-state index in [2.05, 4.69) is 322 Å². The fraction of sp³-hybridized carbons (Fsp3) is 0. The number of pyridine rings is 2. The fourth-order valence-electron chi connectivity index (χ4n) is 13.7. The van der Waals surface area contributed by atoms with Gasteiger partial charge in [-0.15, -0.1) is 22.7 Å². The van der Waals surface area contributed by atoms with E-state index in [1.165, 1.54) is 150 Å². The Hall–Kier alpha value is -11.1. The molecule has 0 atom stereocenters. The molecule has 0 radical (unpaired) electrons. The maximum absolute atomic E-state index is 5.15. The zero-order chi connectivity index (χ0) is 59.5. The fourth-order valence-corrected chi connectivity index (χ4v) is 15.9. The summed E-state index contributed by atoms with van der Waals surface area (Å²) < 4.78 is 5.27. The zero-order valence-electron chi connectivity index (χ0n) is 48.9. The minimum atomic E-state index is 0.985. The molecule has 0 spiro atoms. The van der Waals surface area contributed by atoms with Crippen LogP contribution in [0.5, 0.6) is 0 Å². The summed E-state index contributed by atoms with van der Waals surface area (Å²) in [5.41, 5.74) is 18.9. The van der Waals surface area contributed by atoms with Gasteiger partial charge in [0, 0.05) is 75.0 Å². The number of hydrogen-bond donors (Lipinski definition) is 0. The lowest BCUT2D eigenvalue weighted by molar-refractivity contribution is 1.34. The molecule has 420 valence electrons. The van der Waals surface area contributed by atoms with Gasteiger partial charge in [-0.25, -0.2) is 0 Å². The van der Waals surface area contributed by atoms with Crippen molar-refractivity contribution in [3.63, 3.8) is 0 Å². The Kier molecular flexibility index (Phi) is 13.3. The molecule has 4 heterocycles. The molecule has 4 aromatic heterocycles. The standard InChI is InChI=1S/2C43H27NS/c1-2-11-28(12-3-1)29-21-23-30(24-22-29)41-33-13-4-6-15-35(33)42(36-16-7-5-14-34(36)41)38-26-25-31(27-44-38)32-18-10-20-40-43(32)37-17-8-9-19-39(37)45-40;1-2-10-28(11-3-1)29-18-20-30(21-19-29)42-34-13-4-6-15-36(34)43(37-16-7-5-14-35(37)42)39-24-22-32(27-44-39)31-23-25-41-38(26-31)33-12-8-9-17-40(33)45-41/h2*1-27H. The predicted octanol–water partition coefficient (Wildman–Crippen LogP) is 24.8. The molecular weight excluding hydrogens is 1130 g/mol. The van der Waals surface area contributed by atoms with Crippen LogP contribution in [-0.4, -0.2) is 9.97 Å². The lowest BCUT2D eigenvalue weighted by Crippen LogP contribution is -1.93. The number of aromatic nitrogens is 2. The van der Waals surface area contributed by atoms with E-state index in [0.29, 0.717) is 0 Å². The second kappa shape index (κ2) is 22.5. The molecule has 14 aromatic carbocycles. The van der Waals surface area contributed by atoms with E-state index >= 15 is 0 Å². The van der Waals surface area contributed by atoms with Crippen molar-refractivity contribution in [3.05, 3.63) is 328 Å². The van der Waals surface area contributed by atoms with Crippen LogP contribution < -0.4 is 0 Å². The van der Waals surface area contributed by atoms with E-state index in [0.717, 1.165) is 22.5 Å². The Balaban J connectivity index is 0.000000139. The summed E-state index contributed by atoms with van der Waals surface area (Å²) in [6.45, 7) is 0. The molecule has 0 saturated carbocycles. The summed E-state index contributed by atoms with van der Waals surface area (Å²) >= 11 is 3.70. The average molecular weight is 1180 g/mol. The van der Waals surface area contributed by atoms with Gasteiger partial charge in [0.25, 0.3) is 0 Å². The first-order valence-corrected chi connectivity index (χ1v) is 32.2. The van der Waals surface area contributed by atoms with Gasteiger partial charge in [-0.2, -0.15) is 0 Å². The molecule has 4 heteroatoms. The molecule has 18 rings (SSSR count). The first-order valence-electron chi connectivity index (χ1n) is 30.6. The number of thiophene rings is 2. The Morgan fingerprint density at radius 2 is 0.522 bits per heavy atom. The van der Waals surface area contributed by atoms with Crippen molar-refractivity contribution in [2.75, 3.05) is 0 Å². The summed E-state index contributed by atoms with van der Waals surface area (Å²) in [6.07, 6.45) is 4.08. The highest BCUT2D eigenvalue weighted by Crippen LogP contribution is 2.47. The van der Waals surface area contributed by atoms with Gasteiger partial charge in [0.2, 0.25) is 0 Å². The third-order valence-corrected chi connectivity index (χ3v) is 20.2.